The Hall–Kier alpha value is -1.54. The van der Waals surface area contributed by atoms with Crippen molar-refractivity contribution in [1.82, 2.24) is 0 Å². The molecule has 0 saturated heterocycles. The lowest BCUT2D eigenvalue weighted by atomic mass is 10.0. The summed E-state index contributed by atoms with van der Waals surface area (Å²) in [5.74, 6) is -0.574. The number of aromatic hydroxyl groups is 1. The van der Waals surface area contributed by atoms with Gasteiger partial charge in [-0.15, -0.1) is 0 Å². The molecule has 1 nitrogen and oxygen atoms in total. The summed E-state index contributed by atoms with van der Waals surface area (Å²) in [4.78, 5) is 0. The standard InChI is InChI=1S/C13H10ClFO/c1-8-2-4-10(12(14)6-8)11-5-3-9(16)7-13(11)15/h2-7,16H,1H3. The predicted octanol–water partition coefficient (Wildman–Crippen LogP) is 4.16. The number of halogens is 2. The zero-order valence-corrected chi connectivity index (χ0v) is 9.42. The first kappa shape index (κ1) is 11.0. The van der Waals surface area contributed by atoms with E-state index in [9.17, 15) is 4.39 Å². The summed E-state index contributed by atoms with van der Waals surface area (Å²) >= 11 is 6.05. The molecular formula is C13H10ClFO. The highest BCUT2D eigenvalue weighted by atomic mass is 35.5. The van der Waals surface area contributed by atoms with E-state index in [0.717, 1.165) is 11.6 Å². The average molecular weight is 237 g/mol. The predicted molar refractivity (Wildman–Crippen MR) is 63.2 cm³/mol. The molecule has 0 aliphatic carbocycles. The molecule has 1 N–H and O–H groups in total. The molecule has 0 amide bonds. The van der Waals surface area contributed by atoms with Gasteiger partial charge in [-0.25, -0.2) is 4.39 Å². The van der Waals surface area contributed by atoms with Crippen molar-refractivity contribution in [3.05, 3.63) is 52.8 Å². The molecule has 0 aliphatic rings. The van der Waals surface area contributed by atoms with Crippen LogP contribution in [0.1, 0.15) is 5.56 Å². The number of rotatable bonds is 1. The zero-order chi connectivity index (χ0) is 11.7. The van der Waals surface area contributed by atoms with Gasteiger partial charge in [0.05, 0.1) is 0 Å². The summed E-state index contributed by atoms with van der Waals surface area (Å²) in [6.07, 6.45) is 0. The smallest absolute Gasteiger partial charge is 0.134 e. The topological polar surface area (TPSA) is 20.2 Å². The zero-order valence-electron chi connectivity index (χ0n) is 8.67. The highest BCUT2D eigenvalue weighted by molar-refractivity contribution is 6.33. The molecule has 2 rings (SSSR count). The van der Waals surface area contributed by atoms with Crippen LogP contribution in [0.2, 0.25) is 5.02 Å². The molecule has 82 valence electrons. The van der Waals surface area contributed by atoms with Crippen LogP contribution in [0.5, 0.6) is 5.75 Å². The summed E-state index contributed by atoms with van der Waals surface area (Å²) < 4.78 is 13.6. The van der Waals surface area contributed by atoms with Gasteiger partial charge < -0.3 is 5.11 Å². The van der Waals surface area contributed by atoms with E-state index in [-0.39, 0.29) is 5.75 Å². The average Bonchev–Trinajstić information content (AvgIpc) is 2.19. The van der Waals surface area contributed by atoms with E-state index in [1.54, 1.807) is 12.1 Å². The van der Waals surface area contributed by atoms with Gasteiger partial charge in [-0.05, 0) is 30.7 Å². The molecule has 0 unspecified atom stereocenters. The first-order chi connectivity index (χ1) is 7.58. The highest BCUT2D eigenvalue weighted by Gasteiger charge is 2.09. The number of hydrogen-bond donors (Lipinski definition) is 1. The lowest BCUT2D eigenvalue weighted by Gasteiger charge is -2.07. The van der Waals surface area contributed by atoms with Gasteiger partial charge in [0.15, 0.2) is 0 Å². The van der Waals surface area contributed by atoms with Crippen LogP contribution < -0.4 is 0 Å². The molecule has 0 aliphatic heterocycles. The van der Waals surface area contributed by atoms with E-state index in [1.165, 1.54) is 12.1 Å². The Morgan fingerprint density at radius 1 is 1.06 bits per heavy atom. The maximum absolute atomic E-state index is 13.6. The molecule has 0 bridgehead atoms. The van der Waals surface area contributed by atoms with Gasteiger partial charge in [-0.2, -0.15) is 0 Å². The van der Waals surface area contributed by atoms with Crippen molar-refractivity contribution < 1.29 is 9.50 Å². The minimum absolute atomic E-state index is 0.0931. The third kappa shape index (κ3) is 2.02. The fraction of sp³-hybridized carbons (Fsp3) is 0.0769. The Bertz CT molecular complexity index is 488. The van der Waals surface area contributed by atoms with Crippen LogP contribution in [0.3, 0.4) is 0 Å². The molecule has 0 saturated carbocycles. The quantitative estimate of drug-likeness (QED) is 0.788. The first-order valence-electron chi connectivity index (χ1n) is 4.83. The monoisotopic (exact) mass is 236 g/mol. The van der Waals surface area contributed by atoms with Crippen LogP contribution in [0.15, 0.2) is 36.4 Å². The molecule has 0 atom stereocenters. The van der Waals surface area contributed by atoms with E-state index in [2.05, 4.69) is 0 Å². The molecule has 0 aromatic heterocycles. The number of phenolic OH excluding ortho intramolecular Hbond substituents is 1. The van der Waals surface area contributed by atoms with Crippen molar-refractivity contribution in [2.24, 2.45) is 0 Å². The van der Waals surface area contributed by atoms with Crippen molar-refractivity contribution in [3.63, 3.8) is 0 Å². The fourth-order valence-corrected chi connectivity index (χ4v) is 1.90. The molecular weight excluding hydrogens is 227 g/mol. The summed E-state index contributed by atoms with van der Waals surface area (Å²) in [7, 11) is 0. The Kier molecular flexibility index (Phi) is 2.84. The van der Waals surface area contributed by atoms with Gasteiger partial charge >= 0.3 is 0 Å². The van der Waals surface area contributed by atoms with Gasteiger partial charge in [0.25, 0.3) is 0 Å². The lowest BCUT2D eigenvalue weighted by Crippen LogP contribution is -1.86. The molecule has 2 aromatic carbocycles. The summed E-state index contributed by atoms with van der Waals surface area (Å²) in [5.41, 5.74) is 2.04. The number of phenols is 1. The number of benzene rings is 2. The number of aryl methyl sites for hydroxylation is 1. The van der Waals surface area contributed by atoms with E-state index >= 15 is 0 Å². The van der Waals surface area contributed by atoms with Crippen molar-refractivity contribution in [3.8, 4) is 16.9 Å². The maximum atomic E-state index is 13.6. The largest absolute Gasteiger partial charge is 0.508 e. The van der Waals surface area contributed by atoms with Crippen molar-refractivity contribution in [2.75, 3.05) is 0 Å². The molecule has 3 heteroatoms. The van der Waals surface area contributed by atoms with Crippen LogP contribution in [0.25, 0.3) is 11.1 Å². The summed E-state index contributed by atoms with van der Waals surface area (Å²) in [5, 5.41) is 9.63. The molecule has 2 aromatic rings. The van der Waals surface area contributed by atoms with Crippen molar-refractivity contribution >= 4 is 11.6 Å². The second-order valence-electron chi connectivity index (χ2n) is 3.65. The fourth-order valence-electron chi connectivity index (χ4n) is 1.56. The second-order valence-corrected chi connectivity index (χ2v) is 4.05. The summed E-state index contributed by atoms with van der Waals surface area (Å²) in [6, 6.07) is 9.45. The lowest BCUT2D eigenvalue weighted by molar-refractivity contribution is 0.469. The van der Waals surface area contributed by atoms with E-state index in [1.807, 2.05) is 13.0 Å². The normalized spacial score (nSPS) is 10.4. The summed E-state index contributed by atoms with van der Waals surface area (Å²) in [6.45, 7) is 1.92. The van der Waals surface area contributed by atoms with Gasteiger partial charge in [0, 0.05) is 22.2 Å². The SMILES string of the molecule is Cc1ccc(-c2ccc(O)cc2F)c(Cl)c1. The molecule has 0 fully saturated rings. The van der Waals surface area contributed by atoms with Crippen molar-refractivity contribution in [1.29, 1.82) is 0 Å². The van der Waals surface area contributed by atoms with Crippen molar-refractivity contribution in [2.45, 2.75) is 6.92 Å². The maximum Gasteiger partial charge on any atom is 0.134 e. The van der Waals surface area contributed by atoms with Crippen LogP contribution in [0, 0.1) is 12.7 Å². The number of hydrogen-bond acceptors (Lipinski definition) is 1. The van der Waals surface area contributed by atoms with Crippen LogP contribution >= 0.6 is 11.6 Å². The molecule has 0 heterocycles. The van der Waals surface area contributed by atoms with Crippen LogP contribution in [-0.2, 0) is 0 Å². The van der Waals surface area contributed by atoms with E-state index < -0.39 is 5.82 Å². The van der Waals surface area contributed by atoms with Gasteiger partial charge in [-0.1, -0.05) is 23.7 Å². The Morgan fingerprint density at radius 3 is 2.38 bits per heavy atom. The minimum Gasteiger partial charge on any atom is -0.508 e. The molecule has 0 spiro atoms. The first-order valence-corrected chi connectivity index (χ1v) is 5.21. The highest BCUT2D eigenvalue weighted by Crippen LogP contribution is 2.31. The van der Waals surface area contributed by atoms with Gasteiger partial charge in [0.1, 0.15) is 11.6 Å². The van der Waals surface area contributed by atoms with E-state index in [4.69, 9.17) is 16.7 Å². The van der Waals surface area contributed by atoms with E-state index in [0.29, 0.717) is 16.1 Å². The minimum atomic E-state index is -0.481. The third-order valence-electron chi connectivity index (χ3n) is 2.37. The second kappa shape index (κ2) is 4.14. The molecule has 16 heavy (non-hydrogen) atoms. The third-order valence-corrected chi connectivity index (χ3v) is 2.68. The van der Waals surface area contributed by atoms with Crippen LogP contribution in [-0.4, -0.2) is 5.11 Å². The Morgan fingerprint density at radius 2 is 1.75 bits per heavy atom. The van der Waals surface area contributed by atoms with Crippen LogP contribution in [0.4, 0.5) is 4.39 Å². The Labute approximate surface area is 98.1 Å². The molecule has 0 radical (unpaired) electrons. The Balaban J connectivity index is 2.59. The van der Waals surface area contributed by atoms with Gasteiger partial charge in [0.2, 0.25) is 0 Å². The van der Waals surface area contributed by atoms with Gasteiger partial charge in [-0.3, -0.25) is 0 Å².